The molecule has 1 aliphatic heterocycles. The van der Waals surface area contributed by atoms with Crippen molar-refractivity contribution < 1.29 is 4.74 Å². The Hall–Kier alpha value is -6.65. The first-order valence-electron chi connectivity index (χ1n) is 16.4. The number of fused-ring (bicyclic) bond motifs is 4. The van der Waals surface area contributed by atoms with Crippen molar-refractivity contribution in [2.24, 2.45) is 0 Å². The third-order valence-corrected chi connectivity index (χ3v) is 9.53. The number of benzene rings is 8. The topological polar surface area (TPSA) is 47.9 Å². The van der Waals surface area contributed by atoms with E-state index < -0.39 is 0 Å². The minimum Gasteiger partial charge on any atom is -0.456 e. The molecular formula is C45H27N3O. The van der Waals surface area contributed by atoms with E-state index in [-0.39, 0.29) is 0 Å². The molecule has 0 N–H and O–H groups in total. The maximum atomic E-state index is 6.40. The molecule has 0 saturated carbocycles. The van der Waals surface area contributed by atoms with Gasteiger partial charge in [-0.05, 0) is 67.9 Å². The molecule has 0 aliphatic carbocycles. The molecule has 0 unspecified atom stereocenters. The highest BCUT2D eigenvalue weighted by molar-refractivity contribution is 6.07. The van der Waals surface area contributed by atoms with E-state index in [0.717, 1.165) is 71.8 Å². The molecule has 0 saturated heterocycles. The van der Waals surface area contributed by atoms with Crippen LogP contribution in [0.3, 0.4) is 0 Å². The van der Waals surface area contributed by atoms with Crippen molar-refractivity contribution in [3.63, 3.8) is 0 Å². The van der Waals surface area contributed by atoms with Crippen molar-refractivity contribution in [2.45, 2.75) is 0 Å². The van der Waals surface area contributed by atoms with E-state index in [4.69, 9.17) is 19.7 Å². The second kappa shape index (κ2) is 11.0. The summed E-state index contributed by atoms with van der Waals surface area (Å²) in [7, 11) is 0. The van der Waals surface area contributed by atoms with Crippen LogP contribution in [0.15, 0.2) is 164 Å². The molecule has 0 bridgehead atoms. The van der Waals surface area contributed by atoms with Crippen LogP contribution >= 0.6 is 0 Å². The first-order chi connectivity index (χ1) is 24.3. The van der Waals surface area contributed by atoms with Crippen LogP contribution in [-0.2, 0) is 0 Å². The lowest BCUT2D eigenvalue weighted by atomic mass is 9.90. The Morgan fingerprint density at radius 2 is 0.918 bits per heavy atom. The molecule has 0 atom stereocenters. The quantitative estimate of drug-likeness (QED) is 0.195. The van der Waals surface area contributed by atoms with Crippen LogP contribution in [0.25, 0.3) is 88.7 Å². The van der Waals surface area contributed by atoms with Crippen molar-refractivity contribution >= 4 is 32.3 Å². The van der Waals surface area contributed by atoms with Crippen LogP contribution in [0.4, 0.5) is 0 Å². The minimum atomic E-state index is 0.640. The fourth-order valence-electron chi connectivity index (χ4n) is 7.23. The van der Waals surface area contributed by atoms with Gasteiger partial charge in [-0.2, -0.15) is 0 Å². The zero-order chi connectivity index (χ0) is 32.3. The van der Waals surface area contributed by atoms with Crippen molar-refractivity contribution in [1.82, 2.24) is 15.0 Å². The molecule has 0 amide bonds. The maximum absolute atomic E-state index is 6.40. The van der Waals surface area contributed by atoms with Gasteiger partial charge >= 0.3 is 0 Å². The standard InChI is InChI=1S/C45H27N3O/c1-2-12-30(13-3-1)43-46-44(37-21-8-14-28-11-4-5-17-32(28)37)48-45(47-43)38-25-24-33(34-18-6-7-19-35(34)38)31-23-26-40-39(27-31)36-20-9-15-29-16-10-22-41(49-40)42(29)36/h1-27H. The lowest BCUT2D eigenvalue weighted by Crippen LogP contribution is -2.01. The van der Waals surface area contributed by atoms with Crippen molar-refractivity contribution in [1.29, 1.82) is 0 Å². The molecule has 10 rings (SSSR count). The molecule has 8 aromatic carbocycles. The monoisotopic (exact) mass is 625 g/mol. The number of hydrogen-bond donors (Lipinski definition) is 0. The summed E-state index contributed by atoms with van der Waals surface area (Å²) in [4.78, 5) is 15.3. The van der Waals surface area contributed by atoms with Gasteiger partial charge in [-0.15, -0.1) is 0 Å². The van der Waals surface area contributed by atoms with Gasteiger partial charge in [0.25, 0.3) is 0 Å². The summed E-state index contributed by atoms with van der Waals surface area (Å²) in [6, 6.07) is 56.9. The van der Waals surface area contributed by atoms with E-state index in [1.807, 2.05) is 36.4 Å². The van der Waals surface area contributed by atoms with Gasteiger partial charge in [0, 0.05) is 27.6 Å². The van der Waals surface area contributed by atoms with E-state index in [1.165, 1.54) is 10.9 Å². The number of ether oxygens (including phenoxy) is 1. The predicted octanol–water partition coefficient (Wildman–Crippen LogP) is 11.8. The molecule has 4 heteroatoms. The van der Waals surface area contributed by atoms with Crippen LogP contribution in [0.5, 0.6) is 11.5 Å². The third-order valence-electron chi connectivity index (χ3n) is 9.53. The largest absolute Gasteiger partial charge is 0.456 e. The Labute approximate surface area is 283 Å². The molecule has 0 fully saturated rings. The lowest BCUT2D eigenvalue weighted by Gasteiger charge is -2.22. The van der Waals surface area contributed by atoms with E-state index in [0.29, 0.717) is 17.5 Å². The molecule has 0 spiro atoms. The number of nitrogens with zero attached hydrogens (tertiary/aromatic N) is 3. The first-order valence-corrected chi connectivity index (χ1v) is 16.4. The second-order valence-electron chi connectivity index (χ2n) is 12.4. The fraction of sp³-hybridized carbons (Fsp3) is 0. The molecule has 1 aromatic heterocycles. The SMILES string of the molecule is c1ccc(-c2nc(-c3cccc4ccccc34)nc(-c3ccc(-c4ccc5c(c4)-c4cccc6cccc(c46)O5)c4ccccc34)n2)cc1. The predicted molar refractivity (Wildman–Crippen MR) is 200 cm³/mol. The van der Waals surface area contributed by atoms with Gasteiger partial charge in [0.2, 0.25) is 0 Å². The van der Waals surface area contributed by atoms with Gasteiger partial charge in [-0.25, -0.2) is 15.0 Å². The average molecular weight is 626 g/mol. The molecule has 49 heavy (non-hydrogen) atoms. The Bertz CT molecular complexity index is 2740. The summed E-state index contributed by atoms with van der Waals surface area (Å²) < 4.78 is 6.40. The van der Waals surface area contributed by atoms with E-state index in [1.54, 1.807) is 0 Å². The van der Waals surface area contributed by atoms with Crippen LogP contribution in [0.1, 0.15) is 0 Å². The zero-order valence-corrected chi connectivity index (χ0v) is 26.3. The average Bonchev–Trinajstić information content (AvgIpc) is 3.17. The van der Waals surface area contributed by atoms with Gasteiger partial charge in [-0.3, -0.25) is 0 Å². The van der Waals surface area contributed by atoms with Gasteiger partial charge in [-0.1, -0.05) is 140 Å². The van der Waals surface area contributed by atoms with Crippen molar-refractivity contribution in [3.05, 3.63) is 164 Å². The van der Waals surface area contributed by atoms with Crippen LogP contribution in [0.2, 0.25) is 0 Å². The molecule has 9 aromatic rings. The number of aromatic nitrogens is 3. The normalized spacial score (nSPS) is 11.8. The van der Waals surface area contributed by atoms with E-state index >= 15 is 0 Å². The molecular weight excluding hydrogens is 599 g/mol. The smallest absolute Gasteiger partial charge is 0.164 e. The molecule has 2 heterocycles. The summed E-state index contributed by atoms with van der Waals surface area (Å²) in [5.74, 6) is 3.71. The highest BCUT2D eigenvalue weighted by Crippen LogP contribution is 2.48. The Morgan fingerprint density at radius 1 is 0.327 bits per heavy atom. The highest BCUT2D eigenvalue weighted by atomic mass is 16.5. The molecule has 1 aliphatic rings. The number of rotatable bonds is 4. The Morgan fingerprint density at radius 3 is 1.73 bits per heavy atom. The van der Waals surface area contributed by atoms with Crippen LogP contribution in [-0.4, -0.2) is 15.0 Å². The summed E-state index contributed by atoms with van der Waals surface area (Å²) in [5.41, 5.74) is 7.43. The third kappa shape index (κ3) is 4.49. The zero-order valence-electron chi connectivity index (χ0n) is 26.3. The van der Waals surface area contributed by atoms with Crippen LogP contribution in [0, 0.1) is 0 Å². The molecule has 4 nitrogen and oxygen atoms in total. The highest BCUT2D eigenvalue weighted by Gasteiger charge is 2.22. The molecule has 0 radical (unpaired) electrons. The number of hydrogen-bond acceptors (Lipinski definition) is 4. The van der Waals surface area contributed by atoms with Gasteiger partial charge in [0.15, 0.2) is 17.5 Å². The second-order valence-corrected chi connectivity index (χ2v) is 12.4. The van der Waals surface area contributed by atoms with Gasteiger partial charge in [0.05, 0.1) is 0 Å². The lowest BCUT2D eigenvalue weighted by molar-refractivity contribution is 0.487. The maximum Gasteiger partial charge on any atom is 0.164 e. The van der Waals surface area contributed by atoms with Gasteiger partial charge < -0.3 is 4.74 Å². The summed E-state index contributed by atoms with van der Waals surface area (Å²) in [6.07, 6.45) is 0. The van der Waals surface area contributed by atoms with E-state index in [9.17, 15) is 0 Å². The molecule has 228 valence electrons. The fourth-order valence-corrected chi connectivity index (χ4v) is 7.23. The minimum absolute atomic E-state index is 0.640. The van der Waals surface area contributed by atoms with Crippen LogP contribution < -0.4 is 4.74 Å². The Kier molecular flexibility index (Phi) is 6.15. The summed E-state index contributed by atoms with van der Waals surface area (Å²) in [5, 5.41) is 6.79. The first kappa shape index (κ1) is 27.5. The Balaban J connectivity index is 1.16. The van der Waals surface area contributed by atoms with Crippen molar-refractivity contribution in [3.8, 4) is 67.9 Å². The summed E-state index contributed by atoms with van der Waals surface area (Å²) in [6.45, 7) is 0. The van der Waals surface area contributed by atoms with Gasteiger partial charge in [0.1, 0.15) is 11.5 Å². The van der Waals surface area contributed by atoms with E-state index in [2.05, 4.69) is 127 Å². The summed E-state index contributed by atoms with van der Waals surface area (Å²) >= 11 is 0. The van der Waals surface area contributed by atoms with Crippen molar-refractivity contribution in [2.75, 3.05) is 0 Å².